The molecule has 0 radical (unpaired) electrons. The molecule has 0 spiro atoms. The summed E-state index contributed by atoms with van der Waals surface area (Å²) in [5.74, 6) is 0. The van der Waals surface area contributed by atoms with Crippen molar-refractivity contribution in [3.63, 3.8) is 0 Å². The Bertz CT molecular complexity index is 1070. The van der Waals surface area contributed by atoms with Crippen LogP contribution >= 0.6 is 0 Å². The van der Waals surface area contributed by atoms with E-state index in [9.17, 15) is 5.11 Å². The van der Waals surface area contributed by atoms with Gasteiger partial charge in [0.2, 0.25) is 0 Å². The Labute approximate surface area is 175 Å². The van der Waals surface area contributed by atoms with Crippen LogP contribution in [0.1, 0.15) is 82.2 Å². The van der Waals surface area contributed by atoms with Gasteiger partial charge in [-0.05, 0) is 87.2 Å². The van der Waals surface area contributed by atoms with Crippen LogP contribution in [0.5, 0.6) is 0 Å². The normalized spacial score (nSPS) is 18.4. The molecule has 1 N–H and O–H groups in total. The second kappa shape index (κ2) is 6.99. The Kier molecular flexibility index (Phi) is 4.86. The Morgan fingerprint density at radius 2 is 1.45 bits per heavy atom. The first-order valence-corrected chi connectivity index (χ1v) is 11.0. The lowest BCUT2D eigenvalue weighted by Crippen LogP contribution is -2.33. The molecule has 0 aliphatic heterocycles. The maximum absolute atomic E-state index is 10.3. The van der Waals surface area contributed by atoms with Crippen LogP contribution in [0, 0.1) is 6.92 Å². The van der Waals surface area contributed by atoms with E-state index in [1.807, 2.05) is 6.92 Å². The molecule has 0 fully saturated rings. The van der Waals surface area contributed by atoms with E-state index in [4.69, 9.17) is 0 Å². The molecule has 0 heterocycles. The summed E-state index contributed by atoms with van der Waals surface area (Å²) in [5, 5.41) is 12.8. The van der Waals surface area contributed by atoms with Crippen molar-refractivity contribution in [1.82, 2.24) is 0 Å². The van der Waals surface area contributed by atoms with Crippen LogP contribution in [0.15, 0.2) is 48.5 Å². The summed E-state index contributed by atoms with van der Waals surface area (Å²) in [5.41, 5.74) is 8.29. The quantitative estimate of drug-likeness (QED) is 0.491. The number of aliphatic hydroxyl groups excluding tert-OH is 1. The number of rotatable bonds is 3. The third-order valence-corrected chi connectivity index (χ3v) is 7.26. The molecule has 152 valence electrons. The molecule has 3 aromatic rings. The molecule has 29 heavy (non-hydrogen) atoms. The lowest BCUT2D eigenvalue weighted by molar-refractivity contribution is 0.173. The summed E-state index contributed by atoms with van der Waals surface area (Å²) in [4.78, 5) is 0. The summed E-state index contributed by atoms with van der Waals surface area (Å²) < 4.78 is 0. The molecule has 1 heteroatoms. The molecule has 0 bridgehead atoms. The first kappa shape index (κ1) is 20.2. The molecule has 1 aliphatic rings. The van der Waals surface area contributed by atoms with Crippen molar-refractivity contribution in [2.75, 3.05) is 0 Å². The van der Waals surface area contributed by atoms with E-state index in [0.29, 0.717) is 0 Å². The highest BCUT2D eigenvalue weighted by molar-refractivity contribution is 5.90. The van der Waals surface area contributed by atoms with Gasteiger partial charge in [0.05, 0.1) is 6.10 Å². The topological polar surface area (TPSA) is 20.2 Å². The van der Waals surface area contributed by atoms with Crippen LogP contribution in [0.2, 0.25) is 0 Å². The fourth-order valence-corrected chi connectivity index (χ4v) is 5.03. The van der Waals surface area contributed by atoms with E-state index in [1.54, 1.807) is 0 Å². The zero-order valence-corrected chi connectivity index (χ0v) is 18.8. The molecular formula is C28H34O. The number of aliphatic hydroxyl groups is 1. The van der Waals surface area contributed by atoms with Crippen molar-refractivity contribution in [3.05, 3.63) is 70.8 Å². The fourth-order valence-electron chi connectivity index (χ4n) is 5.03. The average molecular weight is 387 g/mol. The second-order valence-electron chi connectivity index (χ2n) is 10.2. The zero-order valence-electron chi connectivity index (χ0n) is 18.8. The van der Waals surface area contributed by atoms with Gasteiger partial charge < -0.3 is 5.11 Å². The SMILES string of the molecule is CCC(O)c1ccc2cc(-c3ccc4c(c3)C(C)(C)CCC4(C)C)ccc2c1C. The lowest BCUT2D eigenvalue weighted by atomic mass is 9.63. The largest absolute Gasteiger partial charge is 0.388 e. The maximum Gasteiger partial charge on any atom is 0.0790 e. The monoisotopic (exact) mass is 386 g/mol. The van der Waals surface area contributed by atoms with Crippen molar-refractivity contribution in [2.45, 2.75) is 77.7 Å². The molecule has 1 aliphatic carbocycles. The van der Waals surface area contributed by atoms with E-state index in [1.165, 1.54) is 51.4 Å². The average Bonchev–Trinajstić information content (AvgIpc) is 2.71. The Hall–Kier alpha value is -2.12. The van der Waals surface area contributed by atoms with Gasteiger partial charge >= 0.3 is 0 Å². The van der Waals surface area contributed by atoms with Gasteiger partial charge in [0, 0.05) is 0 Å². The Morgan fingerprint density at radius 1 is 0.828 bits per heavy atom. The van der Waals surface area contributed by atoms with Gasteiger partial charge in [-0.15, -0.1) is 0 Å². The van der Waals surface area contributed by atoms with E-state index in [0.717, 1.165) is 12.0 Å². The highest BCUT2D eigenvalue weighted by Gasteiger charge is 2.36. The molecular weight excluding hydrogens is 352 g/mol. The molecule has 0 amide bonds. The lowest BCUT2D eigenvalue weighted by Gasteiger charge is -2.42. The number of fused-ring (bicyclic) bond motifs is 2. The first-order valence-electron chi connectivity index (χ1n) is 11.0. The van der Waals surface area contributed by atoms with Crippen molar-refractivity contribution >= 4 is 10.8 Å². The highest BCUT2D eigenvalue weighted by Crippen LogP contribution is 2.47. The van der Waals surface area contributed by atoms with Gasteiger partial charge in [-0.25, -0.2) is 0 Å². The van der Waals surface area contributed by atoms with Crippen molar-refractivity contribution in [3.8, 4) is 11.1 Å². The molecule has 4 rings (SSSR count). The van der Waals surface area contributed by atoms with Crippen LogP contribution in [0.3, 0.4) is 0 Å². The minimum Gasteiger partial charge on any atom is -0.388 e. The van der Waals surface area contributed by atoms with Crippen LogP contribution < -0.4 is 0 Å². The molecule has 0 saturated heterocycles. The van der Waals surface area contributed by atoms with Crippen LogP contribution in [-0.2, 0) is 10.8 Å². The molecule has 3 aromatic carbocycles. The highest BCUT2D eigenvalue weighted by atomic mass is 16.3. The van der Waals surface area contributed by atoms with Crippen molar-refractivity contribution < 1.29 is 5.11 Å². The van der Waals surface area contributed by atoms with Crippen molar-refractivity contribution in [2.24, 2.45) is 0 Å². The zero-order chi connectivity index (χ0) is 21.0. The summed E-state index contributed by atoms with van der Waals surface area (Å²) in [6, 6.07) is 18.1. The number of benzene rings is 3. The Balaban J connectivity index is 1.82. The number of hydrogen-bond donors (Lipinski definition) is 1. The minimum absolute atomic E-state index is 0.222. The fraction of sp³-hybridized carbons (Fsp3) is 0.429. The van der Waals surface area contributed by atoms with Gasteiger partial charge in [-0.1, -0.05) is 77.1 Å². The predicted molar refractivity (Wildman–Crippen MR) is 125 cm³/mol. The van der Waals surface area contributed by atoms with E-state index >= 15 is 0 Å². The van der Waals surface area contributed by atoms with Gasteiger partial charge in [0.15, 0.2) is 0 Å². The second-order valence-corrected chi connectivity index (χ2v) is 10.2. The maximum atomic E-state index is 10.3. The Morgan fingerprint density at radius 3 is 2.14 bits per heavy atom. The summed E-state index contributed by atoms with van der Waals surface area (Å²) in [6.07, 6.45) is 2.83. The van der Waals surface area contributed by atoms with Gasteiger partial charge in [0.1, 0.15) is 0 Å². The predicted octanol–water partition coefficient (Wildman–Crippen LogP) is 7.61. The molecule has 1 unspecified atom stereocenters. The van der Waals surface area contributed by atoms with Crippen LogP contribution in [-0.4, -0.2) is 5.11 Å². The van der Waals surface area contributed by atoms with Gasteiger partial charge in [-0.2, -0.15) is 0 Å². The smallest absolute Gasteiger partial charge is 0.0790 e. The minimum atomic E-state index is -0.384. The first-order chi connectivity index (χ1) is 13.6. The van der Waals surface area contributed by atoms with E-state index in [-0.39, 0.29) is 16.9 Å². The summed E-state index contributed by atoms with van der Waals surface area (Å²) >= 11 is 0. The molecule has 1 nitrogen and oxygen atoms in total. The molecule has 0 aromatic heterocycles. The standard InChI is InChI=1S/C28H34O/c1-7-26(29)23-12-9-21-16-19(8-11-22(21)18(23)2)20-10-13-24-25(17-20)28(5,6)15-14-27(24,3)4/h8-13,16-17,26,29H,7,14-15H2,1-6H3. The summed E-state index contributed by atoms with van der Waals surface area (Å²) in [6.45, 7) is 13.7. The van der Waals surface area contributed by atoms with E-state index in [2.05, 4.69) is 83.1 Å². The van der Waals surface area contributed by atoms with Crippen molar-refractivity contribution in [1.29, 1.82) is 0 Å². The van der Waals surface area contributed by atoms with Crippen LogP contribution in [0.25, 0.3) is 21.9 Å². The van der Waals surface area contributed by atoms with Gasteiger partial charge in [-0.3, -0.25) is 0 Å². The third-order valence-electron chi connectivity index (χ3n) is 7.26. The third kappa shape index (κ3) is 3.40. The molecule has 0 saturated carbocycles. The van der Waals surface area contributed by atoms with Gasteiger partial charge in [0.25, 0.3) is 0 Å². The molecule has 1 atom stereocenters. The number of aryl methyl sites for hydroxylation is 1. The van der Waals surface area contributed by atoms with E-state index < -0.39 is 0 Å². The van der Waals surface area contributed by atoms with Crippen LogP contribution in [0.4, 0.5) is 0 Å². The number of hydrogen-bond acceptors (Lipinski definition) is 1. The summed E-state index contributed by atoms with van der Waals surface area (Å²) in [7, 11) is 0.